The summed E-state index contributed by atoms with van der Waals surface area (Å²) in [5.74, 6) is -0.0638. The Bertz CT molecular complexity index is 1720. The molecule has 0 aromatic heterocycles. The van der Waals surface area contributed by atoms with Crippen LogP contribution in [0, 0.1) is 17.3 Å². The molecule has 8 unspecified atom stereocenters. The van der Waals surface area contributed by atoms with E-state index < -0.39 is 31.2 Å². The molecule has 7 nitrogen and oxygen atoms in total. The lowest BCUT2D eigenvalue weighted by atomic mass is 9.57. The van der Waals surface area contributed by atoms with Gasteiger partial charge in [0.05, 0.1) is 17.5 Å². The first-order chi connectivity index (χ1) is 24.2. The van der Waals surface area contributed by atoms with E-state index in [9.17, 15) is 13.0 Å². The van der Waals surface area contributed by atoms with Crippen LogP contribution in [0.4, 0.5) is 0 Å². The lowest BCUT2D eigenvalue weighted by molar-refractivity contribution is -0.432. The van der Waals surface area contributed by atoms with Crippen molar-refractivity contribution in [2.75, 3.05) is 0 Å². The minimum absolute atomic E-state index is 0.00719. The zero-order chi connectivity index (χ0) is 34.9. The largest absolute Gasteiger partial charge is 0.373 e. The van der Waals surface area contributed by atoms with Crippen molar-refractivity contribution in [3.8, 4) is 0 Å². The lowest BCUT2D eigenvalue weighted by Gasteiger charge is -2.62. The van der Waals surface area contributed by atoms with Gasteiger partial charge >= 0.3 is 0 Å². The fraction of sp³-hybridized carbons (Fsp3) is 0.385. The highest BCUT2D eigenvalue weighted by atomic mass is 32.2. The average molecular weight is 751 g/mol. The Balaban J connectivity index is 1.37. The maximum absolute atomic E-state index is 13.1. The molecule has 4 aromatic rings. The number of hydrogen-bond acceptors (Lipinski definition) is 7. The summed E-state index contributed by atoms with van der Waals surface area (Å²) in [6, 6.07) is 42.2. The van der Waals surface area contributed by atoms with Crippen LogP contribution in [0.3, 0.4) is 0 Å². The summed E-state index contributed by atoms with van der Waals surface area (Å²) < 4.78 is 49.6. The standard InChI is InChI=1S/C39H44O7P2S2/c1-39(2)33-23-31(49-46-45-40)24-35(47(27-15-7-3-8-16-27)28-17-9-4-10-18-28)37(33)44-38-34(39)25-32(50(41,42)43)26-36(38)48(29-19-11-5-12-20-29)30-21-13-6-14-22-30/h3-22,31-38,40H,23-26H2,1-2H3,(H,41,42,43). The first-order valence-corrected chi connectivity index (χ1v) is 22.3. The minimum atomic E-state index is -4.32. The van der Waals surface area contributed by atoms with Crippen LogP contribution in [0.15, 0.2) is 121 Å². The van der Waals surface area contributed by atoms with E-state index in [1.165, 1.54) is 21.2 Å². The Hall–Kier alpha value is -2.16. The van der Waals surface area contributed by atoms with Crippen LogP contribution in [-0.2, 0) is 24.2 Å². The molecule has 1 saturated heterocycles. The topological polar surface area (TPSA) is 102 Å². The Kier molecular flexibility index (Phi) is 11.2. The van der Waals surface area contributed by atoms with E-state index in [1.54, 1.807) is 0 Å². The van der Waals surface area contributed by atoms with Crippen molar-refractivity contribution >= 4 is 59.2 Å². The van der Waals surface area contributed by atoms with Crippen LogP contribution in [0.25, 0.3) is 0 Å². The van der Waals surface area contributed by atoms with Gasteiger partial charge in [0.15, 0.2) is 0 Å². The van der Waals surface area contributed by atoms with Crippen LogP contribution in [0.5, 0.6) is 0 Å². The second kappa shape index (κ2) is 15.4. The van der Waals surface area contributed by atoms with Gasteiger partial charge in [-0.3, -0.25) is 4.55 Å². The van der Waals surface area contributed by atoms with E-state index >= 15 is 0 Å². The van der Waals surface area contributed by atoms with Gasteiger partial charge in [0.1, 0.15) is 0 Å². The number of benzene rings is 4. The molecule has 1 aliphatic heterocycles. The van der Waals surface area contributed by atoms with Gasteiger partial charge in [-0.05, 0) is 80.0 Å². The van der Waals surface area contributed by atoms with Crippen LogP contribution in [-0.4, -0.2) is 52.3 Å². The van der Waals surface area contributed by atoms with Crippen LogP contribution in [0.2, 0.25) is 0 Å². The SMILES string of the molecule is CC1(C)C2CC(SOOO)CC(P(c3ccccc3)c3ccccc3)C2OC2C(P(c3ccccc3)c3ccccc3)CC(S(=O)(=O)O)CC21. The number of fused-ring (bicyclic) bond motifs is 2. The molecule has 8 atom stereocenters. The Morgan fingerprint density at radius 1 is 0.660 bits per heavy atom. The van der Waals surface area contributed by atoms with Gasteiger partial charge < -0.3 is 4.74 Å². The summed E-state index contributed by atoms with van der Waals surface area (Å²) in [6.45, 7) is 4.56. The van der Waals surface area contributed by atoms with E-state index in [1.807, 2.05) is 12.1 Å². The Morgan fingerprint density at radius 2 is 1.06 bits per heavy atom. The van der Waals surface area contributed by atoms with E-state index in [4.69, 9.17) is 14.3 Å². The molecule has 264 valence electrons. The Morgan fingerprint density at radius 3 is 1.46 bits per heavy atom. The molecule has 0 radical (unpaired) electrons. The van der Waals surface area contributed by atoms with Gasteiger partial charge in [-0.2, -0.15) is 8.42 Å². The van der Waals surface area contributed by atoms with E-state index in [0.29, 0.717) is 12.8 Å². The molecule has 11 heteroatoms. The van der Waals surface area contributed by atoms with E-state index in [2.05, 4.69) is 128 Å². The molecule has 7 rings (SSSR count). The van der Waals surface area contributed by atoms with E-state index in [-0.39, 0.29) is 46.0 Å². The monoisotopic (exact) mass is 750 g/mol. The molecule has 2 saturated carbocycles. The first-order valence-electron chi connectivity index (χ1n) is 17.2. The first kappa shape index (κ1) is 36.2. The minimum Gasteiger partial charge on any atom is -0.373 e. The Labute approximate surface area is 302 Å². The van der Waals surface area contributed by atoms with Gasteiger partial charge in [-0.25, -0.2) is 5.26 Å². The summed E-state index contributed by atoms with van der Waals surface area (Å²) in [5.41, 5.74) is -0.386. The predicted octanol–water partition coefficient (Wildman–Crippen LogP) is 7.30. The third kappa shape index (κ3) is 7.37. The molecule has 0 amide bonds. The number of rotatable bonds is 10. The molecule has 2 N–H and O–H groups in total. The molecule has 4 aromatic carbocycles. The molecule has 0 bridgehead atoms. The highest BCUT2D eigenvalue weighted by Crippen LogP contribution is 2.63. The molecular weight excluding hydrogens is 707 g/mol. The zero-order valence-corrected chi connectivity index (χ0v) is 31.6. The van der Waals surface area contributed by atoms with Crippen molar-refractivity contribution in [1.29, 1.82) is 0 Å². The van der Waals surface area contributed by atoms with Gasteiger partial charge in [-0.15, -0.1) is 4.33 Å². The fourth-order valence-corrected chi connectivity index (χ4v) is 17.1. The van der Waals surface area contributed by atoms with E-state index in [0.717, 1.165) is 24.9 Å². The lowest BCUT2D eigenvalue weighted by Crippen LogP contribution is -2.64. The zero-order valence-electron chi connectivity index (χ0n) is 28.1. The average Bonchev–Trinajstić information content (AvgIpc) is 3.13. The van der Waals surface area contributed by atoms with Gasteiger partial charge in [-0.1, -0.05) is 140 Å². The number of ether oxygens (including phenoxy) is 1. The van der Waals surface area contributed by atoms with Gasteiger partial charge in [0, 0.05) is 28.6 Å². The molecule has 3 aliphatic rings. The van der Waals surface area contributed by atoms with Crippen LogP contribution in [0.1, 0.15) is 39.5 Å². The molecule has 3 fully saturated rings. The quantitative estimate of drug-likeness (QED) is 0.0573. The second-order valence-electron chi connectivity index (χ2n) is 14.3. The van der Waals surface area contributed by atoms with Crippen molar-refractivity contribution in [2.45, 2.75) is 73.6 Å². The third-order valence-electron chi connectivity index (χ3n) is 11.2. The van der Waals surface area contributed by atoms with Crippen molar-refractivity contribution in [3.63, 3.8) is 0 Å². The summed E-state index contributed by atoms with van der Waals surface area (Å²) in [7, 11) is -6.26. The predicted molar refractivity (Wildman–Crippen MR) is 205 cm³/mol. The fourth-order valence-electron chi connectivity index (χ4n) is 8.97. The van der Waals surface area contributed by atoms with Crippen molar-refractivity contribution in [1.82, 2.24) is 0 Å². The maximum atomic E-state index is 13.1. The molecule has 0 spiro atoms. The van der Waals surface area contributed by atoms with Gasteiger partial charge in [0.2, 0.25) is 0 Å². The van der Waals surface area contributed by atoms with Crippen molar-refractivity contribution in [2.24, 2.45) is 17.3 Å². The van der Waals surface area contributed by atoms with Gasteiger partial charge in [0.25, 0.3) is 10.1 Å². The third-order valence-corrected chi connectivity index (χ3v) is 19.0. The normalized spacial score (nSPS) is 29.3. The van der Waals surface area contributed by atoms with Crippen LogP contribution >= 0.6 is 27.9 Å². The highest BCUT2D eigenvalue weighted by molar-refractivity contribution is 7.95. The number of hydrogen-bond donors (Lipinski definition) is 2. The summed E-state index contributed by atoms with van der Waals surface area (Å²) in [4.78, 5) is 0. The summed E-state index contributed by atoms with van der Waals surface area (Å²) >= 11 is 1.15. The molecular formula is C39H44O7P2S2. The second-order valence-corrected chi connectivity index (χ2v) is 21.8. The summed E-state index contributed by atoms with van der Waals surface area (Å²) in [6.07, 6.45) is 1.89. The maximum Gasteiger partial charge on any atom is 0.267 e. The highest BCUT2D eigenvalue weighted by Gasteiger charge is 2.61. The van der Waals surface area contributed by atoms with Crippen molar-refractivity contribution in [3.05, 3.63) is 121 Å². The molecule has 1 heterocycles. The smallest absolute Gasteiger partial charge is 0.267 e. The summed E-state index contributed by atoms with van der Waals surface area (Å²) in [5, 5.41) is 17.3. The van der Waals surface area contributed by atoms with Crippen molar-refractivity contribution < 1.29 is 32.3 Å². The van der Waals surface area contributed by atoms with Crippen LogP contribution < -0.4 is 21.2 Å². The molecule has 50 heavy (non-hydrogen) atoms. The molecule has 2 aliphatic carbocycles.